The first kappa shape index (κ1) is 17.0. The number of halogens is 1. The summed E-state index contributed by atoms with van der Waals surface area (Å²) in [6.45, 7) is 2.37. The van der Waals surface area contributed by atoms with Crippen LogP contribution in [0.15, 0.2) is 24.3 Å². The maximum absolute atomic E-state index is 11.7. The fourth-order valence-corrected chi connectivity index (χ4v) is 2.25. The summed E-state index contributed by atoms with van der Waals surface area (Å²) in [5.41, 5.74) is 0. The Kier molecular flexibility index (Phi) is 9.14. The Balaban J connectivity index is 2.03. The van der Waals surface area contributed by atoms with Crippen LogP contribution in [0.1, 0.15) is 58.3 Å². The molecular weight excluding hydrogens is 272 g/mol. The highest BCUT2D eigenvalue weighted by atomic mass is 35.5. The van der Waals surface area contributed by atoms with Gasteiger partial charge in [0.15, 0.2) is 5.78 Å². The van der Waals surface area contributed by atoms with Crippen molar-refractivity contribution in [2.75, 3.05) is 6.61 Å². The van der Waals surface area contributed by atoms with Crippen molar-refractivity contribution in [2.24, 2.45) is 0 Å². The van der Waals surface area contributed by atoms with Crippen LogP contribution < -0.4 is 4.74 Å². The number of ketones is 1. The first-order chi connectivity index (χ1) is 9.72. The number of carbonyl (C=O) groups is 1. The van der Waals surface area contributed by atoms with Gasteiger partial charge in [-0.3, -0.25) is 4.79 Å². The maximum atomic E-state index is 11.7. The van der Waals surface area contributed by atoms with Gasteiger partial charge in [0.1, 0.15) is 12.4 Å². The minimum absolute atomic E-state index is 0.149. The van der Waals surface area contributed by atoms with Gasteiger partial charge in [-0.1, -0.05) is 63.1 Å². The number of hydrogen-bond acceptors (Lipinski definition) is 2. The second kappa shape index (κ2) is 10.7. The summed E-state index contributed by atoms with van der Waals surface area (Å²) in [6.07, 6.45) is 9.20. The third-order valence-electron chi connectivity index (χ3n) is 3.26. The largest absolute Gasteiger partial charge is 0.486 e. The van der Waals surface area contributed by atoms with Crippen molar-refractivity contribution in [2.45, 2.75) is 58.3 Å². The molecule has 0 spiro atoms. The first-order valence-electron chi connectivity index (χ1n) is 7.62. The fraction of sp³-hybridized carbons (Fsp3) is 0.588. The smallest absolute Gasteiger partial charge is 0.170 e. The first-order valence-corrected chi connectivity index (χ1v) is 8.00. The van der Waals surface area contributed by atoms with Crippen molar-refractivity contribution >= 4 is 17.4 Å². The molecule has 0 unspecified atom stereocenters. The van der Waals surface area contributed by atoms with Crippen LogP contribution in [0.3, 0.4) is 0 Å². The van der Waals surface area contributed by atoms with E-state index in [1.54, 1.807) is 12.1 Å². The summed E-state index contributed by atoms with van der Waals surface area (Å²) in [5, 5.41) is 0.627. The number of carbonyl (C=O) groups excluding carboxylic acids is 1. The average Bonchev–Trinajstić information content (AvgIpc) is 2.44. The van der Waals surface area contributed by atoms with Crippen LogP contribution >= 0.6 is 11.6 Å². The van der Waals surface area contributed by atoms with Gasteiger partial charge in [0, 0.05) is 11.4 Å². The van der Waals surface area contributed by atoms with Crippen LogP contribution in [-0.4, -0.2) is 12.4 Å². The van der Waals surface area contributed by atoms with E-state index < -0.39 is 0 Å². The summed E-state index contributed by atoms with van der Waals surface area (Å²) in [5.74, 6) is 0.823. The number of rotatable bonds is 11. The van der Waals surface area contributed by atoms with E-state index in [4.69, 9.17) is 16.3 Å². The van der Waals surface area contributed by atoms with Gasteiger partial charge in [-0.05, 0) is 24.6 Å². The summed E-state index contributed by atoms with van der Waals surface area (Å²) in [4.78, 5) is 11.7. The van der Waals surface area contributed by atoms with Gasteiger partial charge in [0.05, 0.1) is 0 Å². The second-order valence-electron chi connectivity index (χ2n) is 5.16. The highest BCUT2D eigenvalue weighted by molar-refractivity contribution is 6.30. The molecule has 0 radical (unpaired) electrons. The molecule has 112 valence electrons. The van der Waals surface area contributed by atoms with Gasteiger partial charge in [0.2, 0.25) is 0 Å². The summed E-state index contributed by atoms with van der Waals surface area (Å²) in [7, 11) is 0. The highest BCUT2D eigenvalue weighted by Gasteiger charge is 2.03. The van der Waals surface area contributed by atoms with E-state index in [1.165, 1.54) is 32.1 Å². The van der Waals surface area contributed by atoms with E-state index in [9.17, 15) is 4.79 Å². The van der Waals surface area contributed by atoms with Gasteiger partial charge in [0.25, 0.3) is 0 Å². The zero-order valence-electron chi connectivity index (χ0n) is 12.4. The van der Waals surface area contributed by atoms with Crippen molar-refractivity contribution in [1.82, 2.24) is 0 Å². The molecule has 0 saturated carbocycles. The molecule has 2 nitrogen and oxygen atoms in total. The van der Waals surface area contributed by atoms with Crippen LogP contribution in [0.2, 0.25) is 5.02 Å². The predicted molar refractivity (Wildman–Crippen MR) is 84.6 cm³/mol. The Morgan fingerprint density at radius 3 is 2.50 bits per heavy atom. The van der Waals surface area contributed by atoms with Crippen LogP contribution in [-0.2, 0) is 4.79 Å². The van der Waals surface area contributed by atoms with Crippen molar-refractivity contribution in [3.05, 3.63) is 29.3 Å². The fourth-order valence-electron chi connectivity index (χ4n) is 2.07. The zero-order valence-corrected chi connectivity index (χ0v) is 13.1. The lowest BCUT2D eigenvalue weighted by Gasteiger charge is -2.06. The Morgan fingerprint density at radius 2 is 1.80 bits per heavy atom. The van der Waals surface area contributed by atoms with E-state index in [0.717, 1.165) is 12.8 Å². The number of Topliss-reactive ketones (excluding diaryl/α,β-unsaturated/α-hetero) is 1. The normalized spacial score (nSPS) is 10.5. The average molecular weight is 297 g/mol. The van der Waals surface area contributed by atoms with E-state index in [1.807, 2.05) is 12.1 Å². The van der Waals surface area contributed by atoms with Crippen molar-refractivity contribution in [3.8, 4) is 5.75 Å². The lowest BCUT2D eigenvalue weighted by molar-refractivity contribution is -0.121. The third-order valence-corrected chi connectivity index (χ3v) is 3.49. The van der Waals surface area contributed by atoms with Gasteiger partial charge >= 0.3 is 0 Å². The second-order valence-corrected chi connectivity index (χ2v) is 5.59. The van der Waals surface area contributed by atoms with Crippen molar-refractivity contribution < 1.29 is 9.53 Å². The Morgan fingerprint density at radius 1 is 1.10 bits per heavy atom. The molecule has 0 atom stereocenters. The Hall–Kier alpha value is -1.02. The summed E-state index contributed by atoms with van der Waals surface area (Å²) < 4.78 is 5.42. The number of hydrogen-bond donors (Lipinski definition) is 0. The maximum Gasteiger partial charge on any atom is 0.170 e. The Bertz CT molecular complexity index is 390. The van der Waals surface area contributed by atoms with Crippen LogP contribution in [0.5, 0.6) is 5.75 Å². The van der Waals surface area contributed by atoms with Crippen molar-refractivity contribution in [3.63, 3.8) is 0 Å². The van der Waals surface area contributed by atoms with Crippen LogP contribution in [0, 0.1) is 0 Å². The molecule has 20 heavy (non-hydrogen) atoms. The molecule has 1 aromatic rings. The molecule has 0 aromatic heterocycles. The quantitative estimate of drug-likeness (QED) is 0.509. The van der Waals surface area contributed by atoms with E-state index >= 15 is 0 Å². The van der Waals surface area contributed by atoms with Crippen LogP contribution in [0.4, 0.5) is 0 Å². The lowest BCUT2D eigenvalue weighted by atomic mass is 10.1. The van der Waals surface area contributed by atoms with E-state index in [0.29, 0.717) is 17.2 Å². The SMILES string of the molecule is CCCCCCCCCC(=O)COc1cccc(Cl)c1. The molecule has 1 rings (SSSR count). The molecule has 1 aromatic carbocycles. The van der Waals surface area contributed by atoms with E-state index in [-0.39, 0.29) is 12.4 Å². The Labute approximate surface area is 127 Å². The van der Waals surface area contributed by atoms with Gasteiger partial charge in [-0.15, -0.1) is 0 Å². The van der Waals surface area contributed by atoms with Crippen molar-refractivity contribution in [1.29, 1.82) is 0 Å². The third kappa shape index (κ3) is 8.21. The minimum atomic E-state index is 0.149. The minimum Gasteiger partial charge on any atom is -0.486 e. The molecule has 0 saturated heterocycles. The standard InChI is InChI=1S/C17H25ClO2/c1-2-3-4-5-6-7-8-11-16(19)14-20-17-12-9-10-15(18)13-17/h9-10,12-13H,2-8,11,14H2,1H3. The highest BCUT2D eigenvalue weighted by Crippen LogP contribution is 2.17. The summed E-state index contributed by atoms with van der Waals surface area (Å²) >= 11 is 5.85. The molecular formula is C17H25ClO2. The monoisotopic (exact) mass is 296 g/mol. The molecule has 0 aliphatic rings. The molecule has 0 fully saturated rings. The summed E-state index contributed by atoms with van der Waals surface area (Å²) in [6, 6.07) is 7.14. The zero-order chi connectivity index (χ0) is 14.6. The topological polar surface area (TPSA) is 26.3 Å². The molecule has 0 amide bonds. The van der Waals surface area contributed by atoms with Gasteiger partial charge < -0.3 is 4.74 Å². The molecule has 3 heteroatoms. The molecule has 0 heterocycles. The number of benzene rings is 1. The van der Waals surface area contributed by atoms with Gasteiger partial charge in [-0.25, -0.2) is 0 Å². The van der Waals surface area contributed by atoms with Gasteiger partial charge in [-0.2, -0.15) is 0 Å². The lowest BCUT2D eigenvalue weighted by Crippen LogP contribution is -2.10. The number of unbranched alkanes of at least 4 members (excludes halogenated alkanes) is 6. The van der Waals surface area contributed by atoms with Crippen LogP contribution in [0.25, 0.3) is 0 Å². The predicted octanol–water partition coefficient (Wildman–Crippen LogP) is 5.43. The molecule has 0 N–H and O–H groups in total. The molecule has 0 aliphatic heterocycles. The number of ether oxygens (including phenoxy) is 1. The molecule has 0 bridgehead atoms. The van der Waals surface area contributed by atoms with E-state index in [2.05, 4.69) is 6.92 Å². The molecule has 0 aliphatic carbocycles.